The van der Waals surface area contributed by atoms with Crippen molar-refractivity contribution in [2.45, 2.75) is 0 Å². The minimum absolute atomic E-state index is 0.452. The second-order valence-electron chi connectivity index (χ2n) is 2.27. The van der Waals surface area contributed by atoms with Crippen molar-refractivity contribution in [3.63, 3.8) is 0 Å². The van der Waals surface area contributed by atoms with E-state index in [0.29, 0.717) is 0 Å². The average Bonchev–Trinajstić information content (AvgIpc) is 2.20. The predicted octanol–water partition coefficient (Wildman–Crippen LogP) is 0.398. The molecule has 0 fully saturated rings. The zero-order chi connectivity index (χ0) is 10.9. The summed E-state index contributed by atoms with van der Waals surface area (Å²) in [5, 5.41) is 14.3. The van der Waals surface area contributed by atoms with E-state index in [9.17, 15) is 9.59 Å². The first-order valence-corrected chi connectivity index (χ1v) is 4.02. The van der Waals surface area contributed by atoms with Gasteiger partial charge in [-0.1, -0.05) is 28.6 Å². The van der Waals surface area contributed by atoms with E-state index in [1.807, 2.05) is 0 Å². The lowest BCUT2D eigenvalue weighted by Gasteiger charge is -2.10. The topological polar surface area (TPSA) is 80.3 Å². The number of ketones is 2. The van der Waals surface area contributed by atoms with Gasteiger partial charge in [-0.05, 0) is 5.87 Å². The van der Waals surface area contributed by atoms with E-state index < -0.39 is 32.8 Å². The van der Waals surface area contributed by atoms with Crippen molar-refractivity contribution in [2.75, 3.05) is 0 Å². The maximum absolute atomic E-state index is 11.3. The van der Waals surface area contributed by atoms with Crippen LogP contribution in [0, 0.1) is 5.41 Å². The molecule has 69 valence electrons. The maximum Gasteiger partial charge on any atom is 0.216 e. The van der Waals surface area contributed by atoms with E-state index >= 15 is 0 Å². The third-order valence-electron chi connectivity index (χ3n) is 1.53. The van der Waals surface area contributed by atoms with Crippen LogP contribution < -0.4 is 5.41 Å². The average molecular weight is 228 g/mol. The SMILES string of the molecule is [N]=C=C1C(=O)C(Cl)=C(Cl)C(=O)C1=C=N. The summed E-state index contributed by atoms with van der Waals surface area (Å²) in [5.41, 5.74) is -0.952. The molecule has 1 radical (unpaired) electrons. The first kappa shape index (κ1) is 10.6. The van der Waals surface area contributed by atoms with Crippen LogP contribution in [0.3, 0.4) is 0 Å². The van der Waals surface area contributed by atoms with Gasteiger partial charge in [-0.15, -0.1) is 0 Å². The van der Waals surface area contributed by atoms with Crippen molar-refractivity contribution in [1.82, 2.24) is 5.41 Å². The standard InChI is InChI=1S/C8HCl2N2O2/c9-5-6(10)8(14)4(2-12)3(1-11)7(5)13/h11H. The third kappa shape index (κ3) is 1.37. The molecule has 0 amide bonds. The fraction of sp³-hybridized carbons (Fsp3) is 0. The third-order valence-corrected chi connectivity index (χ3v) is 2.35. The monoisotopic (exact) mass is 227 g/mol. The smallest absolute Gasteiger partial charge is 0.216 e. The van der Waals surface area contributed by atoms with E-state index in [2.05, 4.69) is 0 Å². The van der Waals surface area contributed by atoms with E-state index in [-0.39, 0.29) is 0 Å². The van der Waals surface area contributed by atoms with Crippen LogP contribution >= 0.6 is 23.2 Å². The number of hydrogen-bond donors (Lipinski definition) is 1. The Labute approximate surface area is 88.5 Å². The van der Waals surface area contributed by atoms with Crippen LogP contribution in [-0.2, 0) is 9.59 Å². The fourth-order valence-corrected chi connectivity index (χ4v) is 1.23. The molecule has 0 aromatic rings. The molecule has 0 saturated carbocycles. The quantitative estimate of drug-likeness (QED) is 0.480. The summed E-state index contributed by atoms with van der Waals surface area (Å²) in [6.45, 7) is 0. The number of rotatable bonds is 0. The van der Waals surface area contributed by atoms with Crippen molar-refractivity contribution in [3.8, 4) is 0 Å². The van der Waals surface area contributed by atoms with Gasteiger partial charge in [0.05, 0.1) is 0 Å². The molecule has 0 saturated heterocycles. The number of halogens is 2. The number of carbonyl (C=O) groups excluding carboxylic acids is 2. The Kier molecular flexibility index (Phi) is 2.84. The molecule has 1 aliphatic rings. The van der Waals surface area contributed by atoms with Gasteiger partial charge >= 0.3 is 0 Å². The minimum atomic E-state index is -0.853. The molecule has 1 rings (SSSR count). The van der Waals surface area contributed by atoms with Crippen LogP contribution in [0.2, 0.25) is 0 Å². The predicted molar refractivity (Wildman–Crippen MR) is 50.6 cm³/mol. The van der Waals surface area contributed by atoms with Crippen molar-refractivity contribution in [3.05, 3.63) is 21.2 Å². The molecule has 4 nitrogen and oxygen atoms in total. The summed E-state index contributed by atoms with van der Waals surface area (Å²) >= 11 is 10.8. The molecule has 1 N–H and O–H groups in total. The number of nitrogens with one attached hydrogen (secondary N) is 1. The van der Waals surface area contributed by atoms with E-state index in [1.165, 1.54) is 5.87 Å². The Bertz CT molecular complexity index is 434. The van der Waals surface area contributed by atoms with Gasteiger partial charge in [-0.3, -0.25) is 15.0 Å². The summed E-state index contributed by atoms with van der Waals surface area (Å²) in [6.07, 6.45) is 0. The van der Waals surface area contributed by atoms with Crippen LogP contribution in [0.4, 0.5) is 0 Å². The first-order chi connectivity index (χ1) is 6.54. The van der Waals surface area contributed by atoms with Gasteiger partial charge in [0.2, 0.25) is 11.6 Å². The molecule has 0 bridgehead atoms. The Hall–Kier alpha value is -1.44. The largest absolute Gasteiger partial charge is 0.287 e. The van der Waals surface area contributed by atoms with Crippen molar-refractivity contribution in [1.29, 1.82) is 5.41 Å². The molecular formula is C8HCl2N2O2. The second kappa shape index (κ2) is 3.74. The highest BCUT2D eigenvalue weighted by Gasteiger charge is 2.34. The number of hydrogen-bond acceptors (Lipinski definition) is 3. The number of allylic oxidation sites excluding steroid dienone is 4. The van der Waals surface area contributed by atoms with Crippen molar-refractivity contribution in [2.24, 2.45) is 0 Å². The molecule has 6 heteroatoms. The Morgan fingerprint density at radius 1 is 1.07 bits per heavy atom. The van der Waals surface area contributed by atoms with Crippen LogP contribution in [0.1, 0.15) is 0 Å². The van der Waals surface area contributed by atoms with Crippen LogP contribution in [-0.4, -0.2) is 23.3 Å². The zero-order valence-electron chi connectivity index (χ0n) is 6.52. The van der Waals surface area contributed by atoms with Gasteiger partial charge in [0.15, 0.2) is 0 Å². The number of Topliss-reactive ketones (excluding diaryl/α,β-unsaturated/α-hetero) is 2. The molecule has 0 aliphatic heterocycles. The van der Waals surface area contributed by atoms with E-state index in [1.54, 1.807) is 5.87 Å². The molecule has 0 heterocycles. The van der Waals surface area contributed by atoms with Gasteiger partial charge < -0.3 is 0 Å². The molecule has 1 aliphatic carbocycles. The number of nitrogens with zero attached hydrogens (tertiary/aromatic N) is 1. The van der Waals surface area contributed by atoms with Crippen LogP contribution in [0.5, 0.6) is 0 Å². The van der Waals surface area contributed by atoms with Gasteiger partial charge in [0, 0.05) is 5.87 Å². The molecule has 0 spiro atoms. The Balaban J connectivity index is 3.62. The molecule has 0 aromatic carbocycles. The highest BCUT2D eigenvalue weighted by Crippen LogP contribution is 2.29. The molecule has 0 atom stereocenters. The highest BCUT2D eigenvalue weighted by molar-refractivity contribution is 6.61. The van der Waals surface area contributed by atoms with E-state index in [4.69, 9.17) is 34.0 Å². The lowest BCUT2D eigenvalue weighted by molar-refractivity contribution is -0.115. The van der Waals surface area contributed by atoms with E-state index in [0.717, 1.165) is 0 Å². The first-order valence-electron chi connectivity index (χ1n) is 3.26. The summed E-state index contributed by atoms with van der Waals surface area (Å²) in [7, 11) is 0. The van der Waals surface area contributed by atoms with Gasteiger partial charge in [0.25, 0.3) is 0 Å². The summed E-state index contributed by atoms with van der Waals surface area (Å²) in [4.78, 5) is 22.5. The maximum atomic E-state index is 11.3. The summed E-state index contributed by atoms with van der Waals surface area (Å²) < 4.78 is 0. The normalized spacial score (nSPS) is 17.0. The molecule has 14 heavy (non-hydrogen) atoms. The zero-order valence-corrected chi connectivity index (χ0v) is 8.03. The second-order valence-corrected chi connectivity index (χ2v) is 3.03. The molecule has 0 unspecified atom stereocenters. The Morgan fingerprint density at radius 2 is 1.50 bits per heavy atom. The van der Waals surface area contributed by atoms with Crippen LogP contribution in [0.25, 0.3) is 0 Å². The summed E-state index contributed by atoms with van der Waals surface area (Å²) in [6, 6.07) is 0. The number of carbonyl (C=O) groups is 2. The van der Waals surface area contributed by atoms with Gasteiger partial charge in [-0.25, -0.2) is 0 Å². The Morgan fingerprint density at radius 3 is 1.86 bits per heavy atom. The summed E-state index contributed by atoms with van der Waals surface area (Å²) in [5.74, 6) is 1.50. The highest BCUT2D eigenvalue weighted by atomic mass is 35.5. The lowest BCUT2D eigenvalue weighted by Crippen LogP contribution is -2.21. The fourth-order valence-electron chi connectivity index (χ4n) is 0.872. The van der Waals surface area contributed by atoms with Crippen molar-refractivity contribution >= 4 is 46.5 Å². The van der Waals surface area contributed by atoms with Crippen LogP contribution in [0.15, 0.2) is 21.2 Å². The minimum Gasteiger partial charge on any atom is -0.287 e. The van der Waals surface area contributed by atoms with Gasteiger partial charge in [0.1, 0.15) is 21.2 Å². The molecule has 0 aromatic heterocycles. The van der Waals surface area contributed by atoms with Crippen molar-refractivity contribution < 1.29 is 9.59 Å². The molecular weight excluding hydrogens is 227 g/mol. The van der Waals surface area contributed by atoms with Gasteiger partial charge in [-0.2, -0.15) is 0 Å². The lowest BCUT2D eigenvalue weighted by atomic mass is 9.94.